The highest BCUT2D eigenvalue weighted by Crippen LogP contribution is 2.30. The summed E-state index contributed by atoms with van der Waals surface area (Å²) in [4.78, 5) is 20.0. The van der Waals surface area contributed by atoms with Gasteiger partial charge in [0.05, 0.1) is 6.10 Å². The van der Waals surface area contributed by atoms with E-state index in [1.165, 1.54) is 0 Å². The Kier molecular flexibility index (Phi) is 6.10. The number of aromatic nitrogens is 2. The third-order valence-corrected chi connectivity index (χ3v) is 5.07. The van der Waals surface area contributed by atoms with Crippen molar-refractivity contribution in [1.82, 2.24) is 14.9 Å². The molecule has 28 heavy (non-hydrogen) atoms. The number of fused-ring (bicyclic) bond motifs is 2. The van der Waals surface area contributed by atoms with Crippen LogP contribution in [0.2, 0.25) is 0 Å². The molecule has 0 amide bonds. The Balaban J connectivity index is 0.000000279. The van der Waals surface area contributed by atoms with Gasteiger partial charge in [0.1, 0.15) is 4.60 Å². The van der Waals surface area contributed by atoms with E-state index < -0.39 is 12.1 Å². The average Bonchev–Trinajstić information content (AvgIpc) is 3.16. The van der Waals surface area contributed by atoms with E-state index in [-0.39, 0.29) is 12.1 Å². The van der Waals surface area contributed by atoms with Crippen LogP contribution in [0.15, 0.2) is 21.2 Å². The number of pyridine rings is 1. The summed E-state index contributed by atoms with van der Waals surface area (Å²) < 4.78 is 38.2. The second-order valence-corrected chi connectivity index (χ2v) is 7.43. The molecule has 4 rings (SSSR count). The van der Waals surface area contributed by atoms with Crippen LogP contribution < -0.4 is 5.32 Å². The molecule has 2 fully saturated rings. The van der Waals surface area contributed by atoms with Crippen molar-refractivity contribution >= 4 is 39.1 Å². The van der Waals surface area contributed by atoms with Gasteiger partial charge >= 0.3 is 12.1 Å². The second kappa shape index (κ2) is 8.21. The summed E-state index contributed by atoms with van der Waals surface area (Å²) in [5.41, 5.74) is 1.28. The molecule has 2 aromatic heterocycles. The fourth-order valence-electron chi connectivity index (χ4n) is 3.48. The number of nitrogens with one attached hydrogen (secondary N) is 1. The number of hydrogen-bond acceptors (Lipinski definition) is 7. The lowest BCUT2D eigenvalue weighted by Gasteiger charge is -2.36. The molecule has 3 atom stereocenters. The molecule has 0 aromatic carbocycles. The first-order valence-electron chi connectivity index (χ1n) is 8.55. The van der Waals surface area contributed by atoms with Crippen LogP contribution >= 0.6 is 15.9 Å². The van der Waals surface area contributed by atoms with Crippen molar-refractivity contribution in [2.24, 2.45) is 0 Å². The van der Waals surface area contributed by atoms with E-state index in [0.29, 0.717) is 23.3 Å². The van der Waals surface area contributed by atoms with Crippen LogP contribution in [-0.2, 0) is 4.79 Å². The summed E-state index contributed by atoms with van der Waals surface area (Å²) >= 11 is 3.34. The SMILES string of the molecule is O=C(O)C(F)(F)F.O[C@H]1CC2C(Nc3nc4nc(Br)ccc4o3)CCCN2C1. The molecule has 2 unspecified atom stereocenters. The van der Waals surface area contributed by atoms with E-state index in [2.05, 4.69) is 36.1 Å². The zero-order valence-corrected chi connectivity index (χ0v) is 16.1. The maximum absolute atomic E-state index is 10.6. The topological polar surface area (TPSA) is 112 Å². The van der Waals surface area contributed by atoms with Crippen LogP contribution in [0.1, 0.15) is 19.3 Å². The number of halogens is 4. The van der Waals surface area contributed by atoms with E-state index in [1.54, 1.807) is 0 Å². The Labute approximate surface area is 165 Å². The lowest BCUT2D eigenvalue weighted by Crippen LogP contribution is -2.47. The molecule has 0 saturated carbocycles. The predicted molar refractivity (Wildman–Crippen MR) is 95.8 cm³/mol. The lowest BCUT2D eigenvalue weighted by molar-refractivity contribution is -0.192. The first-order valence-corrected chi connectivity index (χ1v) is 9.34. The molecular weight excluding hydrogens is 449 g/mol. The molecule has 2 aromatic rings. The van der Waals surface area contributed by atoms with E-state index in [4.69, 9.17) is 14.3 Å². The molecule has 154 valence electrons. The van der Waals surface area contributed by atoms with Crippen molar-refractivity contribution in [2.45, 2.75) is 43.6 Å². The number of aliphatic hydroxyl groups is 1. The third-order valence-electron chi connectivity index (χ3n) is 4.62. The van der Waals surface area contributed by atoms with Gasteiger partial charge < -0.3 is 19.9 Å². The van der Waals surface area contributed by atoms with Crippen molar-refractivity contribution in [3.63, 3.8) is 0 Å². The van der Waals surface area contributed by atoms with Crippen molar-refractivity contribution in [2.75, 3.05) is 18.4 Å². The van der Waals surface area contributed by atoms with Crippen LogP contribution in [0.5, 0.6) is 0 Å². The summed E-state index contributed by atoms with van der Waals surface area (Å²) in [5.74, 6) is -2.76. The van der Waals surface area contributed by atoms with Crippen LogP contribution in [0.25, 0.3) is 11.2 Å². The van der Waals surface area contributed by atoms with E-state index in [0.717, 1.165) is 37.0 Å². The van der Waals surface area contributed by atoms with Crippen molar-refractivity contribution in [3.05, 3.63) is 16.7 Å². The Hall–Kier alpha value is -1.92. The highest BCUT2D eigenvalue weighted by molar-refractivity contribution is 9.10. The number of rotatable bonds is 2. The van der Waals surface area contributed by atoms with Gasteiger partial charge in [-0.3, -0.25) is 4.90 Å². The maximum atomic E-state index is 10.6. The molecule has 0 spiro atoms. The van der Waals surface area contributed by atoms with Gasteiger partial charge in [-0.05, 0) is 53.9 Å². The minimum Gasteiger partial charge on any atom is -0.475 e. The van der Waals surface area contributed by atoms with Crippen LogP contribution in [0.4, 0.5) is 19.2 Å². The number of piperidine rings is 1. The number of alkyl halides is 3. The van der Waals surface area contributed by atoms with E-state index >= 15 is 0 Å². The normalized spacial score (nSPS) is 25.1. The van der Waals surface area contributed by atoms with E-state index in [1.807, 2.05) is 12.1 Å². The summed E-state index contributed by atoms with van der Waals surface area (Å²) in [7, 11) is 0. The molecule has 2 aliphatic rings. The fraction of sp³-hybridized carbons (Fsp3) is 0.562. The Bertz CT molecular complexity index is 847. The van der Waals surface area contributed by atoms with Gasteiger partial charge in [-0.2, -0.15) is 18.2 Å². The maximum Gasteiger partial charge on any atom is 0.490 e. The average molecular weight is 467 g/mol. The van der Waals surface area contributed by atoms with Gasteiger partial charge in [-0.15, -0.1) is 0 Å². The van der Waals surface area contributed by atoms with Crippen molar-refractivity contribution in [1.29, 1.82) is 0 Å². The fourth-order valence-corrected chi connectivity index (χ4v) is 3.78. The molecule has 0 aliphatic carbocycles. The number of aliphatic hydroxyl groups excluding tert-OH is 1. The number of carboxylic acid groups (broad SMARTS) is 1. The highest BCUT2D eigenvalue weighted by Gasteiger charge is 2.39. The quantitative estimate of drug-likeness (QED) is 0.579. The number of oxazole rings is 1. The molecule has 8 nitrogen and oxygen atoms in total. The lowest BCUT2D eigenvalue weighted by atomic mass is 9.96. The third kappa shape index (κ3) is 4.92. The van der Waals surface area contributed by atoms with Gasteiger partial charge in [0.25, 0.3) is 6.01 Å². The van der Waals surface area contributed by atoms with Gasteiger partial charge in [-0.1, -0.05) is 0 Å². The molecule has 2 saturated heterocycles. The minimum atomic E-state index is -5.08. The van der Waals surface area contributed by atoms with Crippen LogP contribution in [0, 0.1) is 0 Å². The predicted octanol–water partition coefficient (Wildman–Crippen LogP) is 2.63. The van der Waals surface area contributed by atoms with E-state index in [9.17, 15) is 18.3 Å². The molecule has 12 heteroatoms. The Morgan fingerprint density at radius 2 is 2.07 bits per heavy atom. The van der Waals surface area contributed by atoms with Crippen LogP contribution in [0.3, 0.4) is 0 Å². The van der Waals surface area contributed by atoms with Gasteiger partial charge in [0.2, 0.25) is 5.65 Å². The van der Waals surface area contributed by atoms with Crippen LogP contribution in [-0.4, -0.2) is 68.5 Å². The molecular formula is C16H18BrF3N4O4. The van der Waals surface area contributed by atoms with Crippen molar-refractivity contribution < 1.29 is 32.6 Å². The van der Waals surface area contributed by atoms with Gasteiger partial charge in [0.15, 0.2) is 5.58 Å². The second-order valence-electron chi connectivity index (χ2n) is 6.62. The number of nitrogens with zero attached hydrogens (tertiary/aromatic N) is 3. The molecule has 4 heterocycles. The first kappa shape index (κ1) is 20.8. The number of anilines is 1. The standard InChI is InChI=1S/C14H17BrN4O2.C2HF3O2/c15-12-4-3-11-13(17-12)18-14(21-11)16-9-2-1-5-19-7-8(20)6-10(9)19;3-2(4,5)1(6)7/h3-4,8-10,20H,1-2,5-7H2,(H,16,17,18);(H,6,7)/t8-,9?,10?;/m0./s1. The molecule has 0 radical (unpaired) electrons. The summed E-state index contributed by atoms with van der Waals surface area (Å²) in [6.07, 6.45) is -2.27. The zero-order valence-electron chi connectivity index (χ0n) is 14.5. The number of aliphatic carboxylic acids is 1. The largest absolute Gasteiger partial charge is 0.490 e. The highest BCUT2D eigenvalue weighted by atomic mass is 79.9. The summed E-state index contributed by atoms with van der Waals surface area (Å²) in [6, 6.07) is 4.85. The number of hydrogen-bond donors (Lipinski definition) is 3. The summed E-state index contributed by atoms with van der Waals surface area (Å²) in [6.45, 7) is 1.85. The Morgan fingerprint density at radius 1 is 1.36 bits per heavy atom. The molecule has 0 bridgehead atoms. The van der Waals surface area contributed by atoms with Gasteiger partial charge in [0, 0.05) is 18.6 Å². The first-order chi connectivity index (χ1) is 13.1. The minimum absolute atomic E-state index is 0.210. The molecule has 2 aliphatic heterocycles. The summed E-state index contributed by atoms with van der Waals surface area (Å²) in [5, 5.41) is 20.4. The Morgan fingerprint density at radius 3 is 2.75 bits per heavy atom. The van der Waals surface area contributed by atoms with Gasteiger partial charge in [-0.25, -0.2) is 9.78 Å². The smallest absolute Gasteiger partial charge is 0.475 e. The number of carbonyl (C=O) groups is 1. The van der Waals surface area contributed by atoms with Crippen molar-refractivity contribution in [3.8, 4) is 0 Å². The number of carboxylic acids is 1. The zero-order chi connectivity index (χ0) is 20.5. The molecule has 3 N–H and O–H groups in total. The monoisotopic (exact) mass is 466 g/mol.